The van der Waals surface area contributed by atoms with Gasteiger partial charge < -0.3 is 10.1 Å². The molecule has 106 valence electrons. The highest BCUT2D eigenvalue weighted by molar-refractivity contribution is 6.31. The highest BCUT2D eigenvalue weighted by Gasteiger charge is 2.17. The Hall–Kier alpha value is -1.22. The lowest BCUT2D eigenvalue weighted by Gasteiger charge is -2.16. The van der Waals surface area contributed by atoms with Gasteiger partial charge in [-0.2, -0.15) is 0 Å². The molecule has 1 rings (SSSR count). The maximum atomic E-state index is 12.2. The Kier molecular flexibility index (Phi) is 6.71. The summed E-state index contributed by atoms with van der Waals surface area (Å²) in [6.45, 7) is 4.17. The van der Waals surface area contributed by atoms with Crippen molar-refractivity contribution in [1.29, 1.82) is 0 Å². The van der Waals surface area contributed by atoms with Crippen molar-refractivity contribution in [2.45, 2.75) is 39.5 Å². The molecule has 1 unspecified atom stereocenters. The third kappa shape index (κ3) is 4.75. The van der Waals surface area contributed by atoms with E-state index in [0.29, 0.717) is 16.5 Å². The molecule has 0 spiro atoms. The average Bonchev–Trinajstić information content (AvgIpc) is 2.40. The number of hydrogen-bond acceptors (Lipinski definition) is 2. The lowest BCUT2D eigenvalue weighted by Crippen LogP contribution is -2.22. The van der Waals surface area contributed by atoms with Crippen LogP contribution < -0.4 is 10.1 Å². The van der Waals surface area contributed by atoms with E-state index in [2.05, 4.69) is 12.2 Å². The smallest absolute Gasteiger partial charge is 0.227 e. The lowest BCUT2D eigenvalue weighted by atomic mass is 9.98. The van der Waals surface area contributed by atoms with E-state index in [1.807, 2.05) is 6.92 Å². The van der Waals surface area contributed by atoms with Gasteiger partial charge in [0.25, 0.3) is 0 Å². The van der Waals surface area contributed by atoms with Gasteiger partial charge in [0.15, 0.2) is 0 Å². The molecule has 0 fully saturated rings. The second-order valence-electron chi connectivity index (χ2n) is 4.58. The van der Waals surface area contributed by atoms with Crippen molar-refractivity contribution in [2.24, 2.45) is 5.92 Å². The number of methoxy groups -OCH3 is 1. The highest BCUT2D eigenvalue weighted by atomic mass is 35.5. The van der Waals surface area contributed by atoms with Crippen LogP contribution in [0.4, 0.5) is 5.69 Å². The zero-order valence-electron chi connectivity index (χ0n) is 11.8. The number of carbonyl (C=O) groups excluding carboxylic acids is 1. The van der Waals surface area contributed by atoms with Gasteiger partial charge in [-0.25, -0.2) is 0 Å². The molecule has 4 heteroatoms. The van der Waals surface area contributed by atoms with Gasteiger partial charge in [0.05, 0.1) is 12.8 Å². The molecule has 0 bridgehead atoms. The van der Waals surface area contributed by atoms with E-state index in [0.717, 1.165) is 25.7 Å². The van der Waals surface area contributed by atoms with Crippen LogP contribution in [0, 0.1) is 5.92 Å². The maximum absolute atomic E-state index is 12.2. The fourth-order valence-corrected chi connectivity index (χ4v) is 2.16. The Bertz CT molecular complexity index is 421. The second kappa shape index (κ2) is 8.05. The normalized spacial score (nSPS) is 12.0. The lowest BCUT2D eigenvalue weighted by molar-refractivity contribution is -0.120. The van der Waals surface area contributed by atoms with E-state index in [-0.39, 0.29) is 11.8 Å². The molecule has 1 aromatic carbocycles. The van der Waals surface area contributed by atoms with Crippen molar-refractivity contribution in [3.63, 3.8) is 0 Å². The van der Waals surface area contributed by atoms with Crippen molar-refractivity contribution in [1.82, 2.24) is 0 Å². The minimum atomic E-state index is 0.0384. The molecular formula is C15H22ClNO2. The predicted octanol–water partition coefficient (Wildman–Crippen LogP) is 4.50. The number of rotatable bonds is 7. The SMILES string of the molecule is CCCCC(CC)C(=O)Nc1cc(Cl)ccc1OC. The van der Waals surface area contributed by atoms with Gasteiger partial charge in [-0.05, 0) is 31.0 Å². The Labute approximate surface area is 120 Å². The summed E-state index contributed by atoms with van der Waals surface area (Å²) in [5.74, 6) is 0.711. The summed E-state index contributed by atoms with van der Waals surface area (Å²) in [6.07, 6.45) is 3.93. The molecule has 0 radical (unpaired) electrons. The summed E-state index contributed by atoms with van der Waals surface area (Å²) in [7, 11) is 1.58. The van der Waals surface area contributed by atoms with E-state index in [1.54, 1.807) is 25.3 Å². The molecule has 0 aromatic heterocycles. The first-order valence-corrected chi connectivity index (χ1v) is 7.14. The number of carbonyl (C=O) groups is 1. The Morgan fingerprint density at radius 3 is 2.74 bits per heavy atom. The van der Waals surface area contributed by atoms with Gasteiger partial charge in [0.1, 0.15) is 5.75 Å². The van der Waals surface area contributed by atoms with Gasteiger partial charge >= 0.3 is 0 Å². The average molecular weight is 284 g/mol. The molecule has 0 saturated heterocycles. The number of unbranched alkanes of at least 4 members (excludes halogenated alkanes) is 1. The van der Waals surface area contributed by atoms with Crippen LogP contribution in [0.2, 0.25) is 5.02 Å². The van der Waals surface area contributed by atoms with Crippen LogP contribution in [-0.4, -0.2) is 13.0 Å². The second-order valence-corrected chi connectivity index (χ2v) is 5.02. The highest BCUT2D eigenvalue weighted by Crippen LogP contribution is 2.28. The van der Waals surface area contributed by atoms with Gasteiger partial charge in [-0.3, -0.25) is 4.79 Å². The first kappa shape index (κ1) is 15.8. The van der Waals surface area contributed by atoms with E-state index < -0.39 is 0 Å². The van der Waals surface area contributed by atoms with Crippen molar-refractivity contribution in [2.75, 3.05) is 12.4 Å². The standard InChI is InChI=1S/C15H22ClNO2/c1-4-6-7-11(5-2)15(18)17-13-10-12(16)8-9-14(13)19-3/h8-11H,4-7H2,1-3H3,(H,17,18). The van der Waals surface area contributed by atoms with Crippen molar-refractivity contribution in [3.8, 4) is 5.75 Å². The number of hydrogen-bond donors (Lipinski definition) is 1. The number of anilines is 1. The number of benzene rings is 1. The molecule has 0 aliphatic carbocycles. The molecule has 1 atom stereocenters. The zero-order valence-corrected chi connectivity index (χ0v) is 12.6. The Balaban J connectivity index is 2.77. The fraction of sp³-hybridized carbons (Fsp3) is 0.533. The van der Waals surface area contributed by atoms with Gasteiger partial charge in [0, 0.05) is 10.9 Å². The summed E-state index contributed by atoms with van der Waals surface area (Å²) in [5, 5.41) is 3.50. The predicted molar refractivity (Wildman–Crippen MR) is 79.9 cm³/mol. The molecule has 1 amide bonds. The summed E-state index contributed by atoms with van der Waals surface area (Å²) >= 11 is 5.95. The third-order valence-corrected chi connectivity index (χ3v) is 3.42. The van der Waals surface area contributed by atoms with E-state index in [9.17, 15) is 4.79 Å². The minimum Gasteiger partial charge on any atom is -0.495 e. The molecule has 19 heavy (non-hydrogen) atoms. The van der Waals surface area contributed by atoms with Gasteiger partial charge in [-0.15, -0.1) is 0 Å². The summed E-state index contributed by atoms with van der Waals surface area (Å²) in [5.41, 5.74) is 0.634. The van der Waals surface area contributed by atoms with Crippen LogP contribution in [0.5, 0.6) is 5.75 Å². The van der Waals surface area contributed by atoms with Crippen molar-refractivity contribution < 1.29 is 9.53 Å². The first-order valence-electron chi connectivity index (χ1n) is 6.76. The first-order chi connectivity index (χ1) is 9.12. The maximum Gasteiger partial charge on any atom is 0.227 e. The van der Waals surface area contributed by atoms with Crippen molar-refractivity contribution >= 4 is 23.2 Å². The third-order valence-electron chi connectivity index (χ3n) is 3.19. The monoisotopic (exact) mass is 283 g/mol. The number of amides is 1. The van der Waals surface area contributed by atoms with E-state index in [1.165, 1.54) is 0 Å². The topological polar surface area (TPSA) is 38.3 Å². The molecule has 1 aromatic rings. The summed E-state index contributed by atoms with van der Waals surface area (Å²) in [6, 6.07) is 5.21. The van der Waals surface area contributed by atoms with Crippen LogP contribution >= 0.6 is 11.6 Å². The molecule has 0 aliphatic heterocycles. The van der Waals surface area contributed by atoms with Crippen LogP contribution in [0.15, 0.2) is 18.2 Å². The largest absolute Gasteiger partial charge is 0.495 e. The molecule has 1 N–H and O–H groups in total. The molecule has 3 nitrogen and oxygen atoms in total. The summed E-state index contributed by atoms with van der Waals surface area (Å²) in [4.78, 5) is 12.2. The molecule has 0 saturated carbocycles. The minimum absolute atomic E-state index is 0.0384. The number of halogens is 1. The molecule has 0 heterocycles. The zero-order chi connectivity index (χ0) is 14.3. The fourth-order valence-electron chi connectivity index (χ4n) is 1.98. The molecular weight excluding hydrogens is 262 g/mol. The van der Waals surface area contributed by atoms with Crippen LogP contribution in [0.3, 0.4) is 0 Å². The van der Waals surface area contributed by atoms with Gasteiger partial charge in [-0.1, -0.05) is 38.3 Å². The number of nitrogens with one attached hydrogen (secondary N) is 1. The van der Waals surface area contributed by atoms with Crippen LogP contribution in [0.25, 0.3) is 0 Å². The van der Waals surface area contributed by atoms with Crippen molar-refractivity contribution in [3.05, 3.63) is 23.2 Å². The van der Waals surface area contributed by atoms with Crippen LogP contribution in [0.1, 0.15) is 39.5 Å². The Morgan fingerprint density at radius 2 is 2.16 bits per heavy atom. The number of ether oxygens (including phenoxy) is 1. The quantitative estimate of drug-likeness (QED) is 0.800. The summed E-state index contributed by atoms with van der Waals surface area (Å²) < 4.78 is 5.22. The molecule has 0 aliphatic rings. The Morgan fingerprint density at radius 1 is 1.42 bits per heavy atom. The van der Waals surface area contributed by atoms with Gasteiger partial charge in [0.2, 0.25) is 5.91 Å². The van der Waals surface area contributed by atoms with Crippen LogP contribution in [-0.2, 0) is 4.79 Å². The van der Waals surface area contributed by atoms with E-state index >= 15 is 0 Å². The van der Waals surface area contributed by atoms with E-state index in [4.69, 9.17) is 16.3 Å².